The third-order valence-electron chi connectivity index (χ3n) is 3.12. The average molecular weight is 266 g/mol. The Balaban J connectivity index is 1.78. The van der Waals surface area contributed by atoms with Crippen molar-refractivity contribution in [2.75, 3.05) is 0 Å². The molecule has 3 heteroatoms. The molecule has 0 spiro atoms. The Kier molecular flexibility index (Phi) is 3.25. The zero-order valence-electron chi connectivity index (χ0n) is 11.1. The fraction of sp³-hybridized carbons (Fsp3) is 0.118. The monoisotopic (exact) mass is 266 g/mol. The highest BCUT2D eigenvalue weighted by Gasteiger charge is 2.12. The Morgan fingerprint density at radius 2 is 1.95 bits per heavy atom. The molecule has 2 aromatic carbocycles. The van der Waals surface area contributed by atoms with Crippen molar-refractivity contribution in [3.05, 3.63) is 65.9 Å². The van der Waals surface area contributed by atoms with Crippen molar-refractivity contribution in [1.82, 2.24) is 0 Å². The molecule has 0 aliphatic carbocycles. The summed E-state index contributed by atoms with van der Waals surface area (Å²) in [6.45, 7) is 2.01. The first kappa shape index (κ1) is 12.5. The standard InChI is InChI=1S/C17H14O3/c1-12-7-8-15-13(11-19-16(15)9-12)10-17(18)20-14-5-3-2-4-6-14/h2-9,11H,10H2,1H3. The minimum absolute atomic E-state index is 0.199. The number of para-hydroxylation sites is 1. The van der Waals surface area contributed by atoms with E-state index in [4.69, 9.17) is 9.15 Å². The van der Waals surface area contributed by atoms with Crippen LogP contribution >= 0.6 is 0 Å². The van der Waals surface area contributed by atoms with E-state index in [-0.39, 0.29) is 12.4 Å². The summed E-state index contributed by atoms with van der Waals surface area (Å²) in [5.74, 6) is 0.264. The summed E-state index contributed by atoms with van der Waals surface area (Å²) in [6, 6.07) is 15.0. The van der Waals surface area contributed by atoms with Gasteiger partial charge in [-0.2, -0.15) is 0 Å². The van der Waals surface area contributed by atoms with E-state index >= 15 is 0 Å². The van der Waals surface area contributed by atoms with Crippen LogP contribution in [0.2, 0.25) is 0 Å². The molecule has 0 radical (unpaired) electrons. The van der Waals surface area contributed by atoms with E-state index in [2.05, 4.69) is 0 Å². The van der Waals surface area contributed by atoms with Crippen molar-refractivity contribution in [3.8, 4) is 5.75 Å². The molecule has 1 heterocycles. The van der Waals surface area contributed by atoms with Gasteiger partial charge < -0.3 is 9.15 Å². The van der Waals surface area contributed by atoms with E-state index in [1.165, 1.54) is 0 Å². The lowest BCUT2D eigenvalue weighted by Crippen LogP contribution is -2.10. The molecule has 1 aromatic heterocycles. The number of hydrogen-bond acceptors (Lipinski definition) is 3. The van der Waals surface area contributed by atoms with Crippen LogP contribution in [0.25, 0.3) is 11.0 Å². The number of carbonyl (C=O) groups is 1. The van der Waals surface area contributed by atoms with Crippen molar-refractivity contribution in [2.24, 2.45) is 0 Å². The lowest BCUT2D eigenvalue weighted by molar-refractivity contribution is -0.133. The summed E-state index contributed by atoms with van der Waals surface area (Å²) < 4.78 is 10.8. The molecule has 0 N–H and O–H groups in total. The predicted octanol–water partition coefficient (Wildman–Crippen LogP) is 3.89. The molecule has 0 fully saturated rings. The number of fused-ring (bicyclic) bond motifs is 1. The largest absolute Gasteiger partial charge is 0.464 e. The molecule has 0 atom stereocenters. The van der Waals surface area contributed by atoms with Gasteiger partial charge in [0.2, 0.25) is 0 Å². The second-order valence-corrected chi connectivity index (χ2v) is 4.72. The predicted molar refractivity (Wildman–Crippen MR) is 76.7 cm³/mol. The number of ether oxygens (including phenoxy) is 1. The van der Waals surface area contributed by atoms with E-state index in [1.807, 2.05) is 43.3 Å². The van der Waals surface area contributed by atoms with Gasteiger partial charge in [0, 0.05) is 10.9 Å². The number of esters is 1. The van der Waals surface area contributed by atoms with Gasteiger partial charge in [-0.25, -0.2) is 0 Å². The molecule has 0 saturated carbocycles. The molecule has 3 rings (SSSR count). The van der Waals surface area contributed by atoms with Gasteiger partial charge in [-0.15, -0.1) is 0 Å². The van der Waals surface area contributed by atoms with Crippen molar-refractivity contribution >= 4 is 16.9 Å². The first-order valence-electron chi connectivity index (χ1n) is 6.45. The van der Waals surface area contributed by atoms with Crippen LogP contribution in [0.3, 0.4) is 0 Å². The zero-order chi connectivity index (χ0) is 13.9. The van der Waals surface area contributed by atoms with Gasteiger partial charge in [0.05, 0.1) is 12.7 Å². The number of rotatable bonds is 3. The SMILES string of the molecule is Cc1ccc2c(CC(=O)Oc3ccccc3)coc2c1. The molecule has 100 valence electrons. The maximum atomic E-state index is 11.9. The van der Waals surface area contributed by atoms with Crippen molar-refractivity contribution in [1.29, 1.82) is 0 Å². The Bertz CT molecular complexity index is 741. The topological polar surface area (TPSA) is 39.4 Å². The quantitative estimate of drug-likeness (QED) is 0.533. The van der Waals surface area contributed by atoms with Crippen molar-refractivity contribution < 1.29 is 13.9 Å². The molecule has 0 bridgehead atoms. The summed E-state index contributed by atoms with van der Waals surface area (Å²) in [7, 11) is 0. The van der Waals surface area contributed by atoms with Crippen LogP contribution < -0.4 is 4.74 Å². The maximum absolute atomic E-state index is 11.9. The average Bonchev–Trinajstić information content (AvgIpc) is 2.82. The molecule has 3 nitrogen and oxygen atoms in total. The highest BCUT2D eigenvalue weighted by atomic mass is 16.5. The van der Waals surface area contributed by atoms with Crippen LogP contribution in [0, 0.1) is 6.92 Å². The van der Waals surface area contributed by atoms with Crippen LogP contribution in [0.5, 0.6) is 5.75 Å². The van der Waals surface area contributed by atoms with Gasteiger partial charge in [0.1, 0.15) is 11.3 Å². The molecule has 0 amide bonds. The van der Waals surface area contributed by atoms with E-state index < -0.39 is 0 Å². The second kappa shape index (κ2) is 5.21. The first-order valence-corrected chi connectivity index (χ1v) is 6.45. The van der Waals surface area contributed by atoms with Crippen LogP contribution in [-0.4, -0.2) is 5.97 Å². The Morgan fingerprint density at radius 1 is 1.15 bits per heavy atom. The second-order valence-electron chi connectivity index (χ2n) is 4.72. The Labute approximate surface area is 116 Å². The summed E-state index contributed by atoms with van der Waals surface area (Å²) in [5, 5.41) is 0.959. The fourth-order valence-electron chi connectivity index (χ4n) is 2.14. The molecule has 20 heavy (non-hydrogen) atoms. The van der Waals surface area contributed by atoms with Gasteiger partial charge in [-0.05, 0) is 30.7 Å². The van der Waals surface area contributed by atoms with E-state index in [0.29, 0.717) is 5.75 Å². The smallest absolute Gasteiger partial charge is 0.315 e. The first-order chi connectivity index (χ1) is 9.72. The summed E-state index contributed by atoms with van der Waals surface area (Å²) >= 11 is 0. The van der Waals surface area contributed by atoms with Crippen molar-refractivity contribution in [2.45, 2.75) is 13.3 Å². The van der Waals surface area contributed by atoms with Gasteiger partial charge in [-0.1, -0.05) is 30.3 Å². The summed E-state index contributed by atoms with van der Waals surface area (Å²) in [6.07, 6.45) is 1.82. The van der Waals surface area contributed by atoms with Crippen molar-refractivity contribution in [3.63, 3.8) is 0 Å². The zero-order valence-corrected chi connectivity index (χ0v) is 11.1. The maximum Gasteiger partial charge on any atom is 0.315 e. The van der Waals surface area contributed by atoms with Gasteiger partial charge in [0.15, 0.2) is 0 Å². The highest BCUT2D eigenvalue weighted by Crippen LogP contribution is 2.23. The van der Waals surface area contributed by atoms with Gasteiger partial charge in [0.25, 0.3) is 0 Å². The molecule has 0 unspecified atom stereocenters. The highest BCUT2D eigenvalue weighted by molar-refractivity contribution is 5.86. The Morgan fingerprint density at radius 3 is 2.75 bits per heavy atom. The molecular formula is C17H14O3. The fourth-order valence-corrected chi connectivity index (χ4v) is 2.14. The molecule has 0 aliphatic heterocycles. The third kappa shape index (κ3) is 2.57. The lowest BCUT2D eigenvalue weighted by Gasteiger charge is -2.02. The van der Waals surface area contributed by atoms with Crippen LogP contribution in [0.4, 0.5) is 0 Å². The third-order valence-corrected chi connectivity index (χ3v) is 3.12. The molecule has 3 aromatic rings. The molecule has 0 aliphatic rings. The van der Waals surface area contributed by atoms with E-state index in [1.54, 1.807) is 18.4 Å². The Hall–Kier alpha value is -2.55. The lowest BCUT2D eigenvalue weighted by atomic mass is 10.1. The van der Waals surface area contributed by atoms with Gasteiger partial charge in [-0.3, -0.25) is 4.79 Å². The van der Waals surface area contributed by atoms with Gasteiger partial charge >= 0.3 is 5.97 Å². The van der Waals surface area contributed by atoms with E-state index in [9.17, 15) is 4.79 Å². The minimum atomic E-state index is -0.292. The van der Waals surface area contributed by atoms with E-state index in [0.717, 1.165) is 22.1 Å². The normalized spacial score (nSPS) is 10.7. The summed E-state index contributed by atoms with van der Waals surface area (Å²) in [5.41, 5.74) is 2.78. The van der Waals surface area contributed by atoms with Crippen LogP contribution in [0.1, 0.15) is 11.1 Å². The number of benzene rings is 2. The number of hydrogen-bond donors (Lipinski definition) is 0. The van der Waals surface area contributed by atoms with Crippen LogP contribution in [-0.2, 0) is 11.2 Å². The molecule has 0 saturated heterocycles. The number of furan rings is 1. The number of aryl methyl sites for hydroxylation is 1. The minimum Gasteiger partial charge on any atom is -0.464 e. The molecular weight excluding hydrogens is 252 g/mol. The summed E-state index contributed by atoms with van der Waals surface area (Å²) in [4.78, 5) is 11.9. The number of carbonyl (C=O) groups excluding carboxylic acids is 1. The van der Waals surface area contributed by atoms with Crippen LogP contribution in [0.15, 0.2) is 59.2 Å².